The number of hydrogen-bond acceptors (Lipinski definition) is 4. The molecule has 1 aromatic carbocycles. The van der Waals surface area contributed by atoms with Crippen molar-refractivity contribution in [3.63, 3.8) is 0 Å². The minimum Gasteiger partial charge on any atom is -0.389 e. The van der Waals surface area contributed by atoms with Crippen molar-refractivity contribution in [1.82, 2.24) is 4.90 Å². The number of methoxy groups -OCH3 is 2. The van der Waals surface area contributed by atoms with Crippen molar-refractivity contribution in [2.45, 2.75) is 36.9 Å². The molecule has 1 aliphatic carbocycles. The Morgan fingerprint density at radius 3 is 2.64 bits per heavy atom. The molecule has 1 N–H and O–H groups in total. The molecule has 0 unspecified atom stereocenters. The Labute approximate surface area is 133 Å². The molecule has 2 atom stereocenters. The highest BCUT2D eigenvalue weighted by atomic mass is 16.5. The Morgan fingerprint density at radius 1 is 1.23 bits per heavy atom. The van der Waals surface area contributed by atoms with Crippen molar-refractivity contribution in [3.8, 4) is 0 Å². The summed E-state index contributed by atoms with van der Waals surface area (Å²) in [6.45, 7) is 3.96. The van der Waals surface area contributed by atoms with E-state index in [4.69, 9.17) is 9.47 Å². The SMILES string of the molecule is COCCCN1CCC2(CC1)c1ccccc1[C@H](OC)[C@H]2O. The molecule has 1 heterocycles. The van der Waals surface area contributed by atoms with Crippen LogP contribution in [0.3, 0.4) is 0 Å². The maximum absolute atomic E-state index is 10.9. The molecule has 22 heavy (non-hydrogen) atoms. The van der Waals surface area contributed by atoms with Crippen LogP contribution in [0.25, 0.3) is 0 Å². The van der Waals surface area contributed by atoms with E-state index in [1.807, 2.05) is 6.07 Å². The van der Waals surface area contributed by atoms with Gasteiger partial charge in [-0.05, 0) is 43.5 Å². The van der Waals surface area contributed by atoms with Gasteiger partial charge < -0.3 is 19.5 Å². The standard InChI is InChI=1S/C18H27NO3/c1-21-13-5-10-19-11-8-18(9-12-19)15-7-4-3-6-14(15)16(22-2)17(18)20/h3-4,6-7,16-17,20H,5,8-13H2,1-2H3/t16-,17+/m0/s1. The van der Waals surface area contributed by atoms with Gasteiger partial charge in [0.15, 0.2) is 0 Å². The summed E-state index contributed by atoms with van der Waals surface area (Å²) in [6, 6.07) is 8.40. The molecular formula is C18H27NO3. The second-order valence-corrected chi connectivity index (χ2v) is 6.53. The number of likely N-dealkylation sites (tertiary alicyclic amines) is 1. The molecule has 0 saturated carbocycles. The first kappa shape index (κ1) is 15.9. The van der Waals surface area contributed by atoms with Crippen LogP contribution in [0.15, 0.2) is 24.3 Å². The van der Waals surface area contributed by atoms with Crippen LogP contribution in [0.1, 0.15) is 36.5 Å². The Kier molecular flexibility index (Phi) is 4.83. The Morgan fingerprint density at radius 2 is 1.95 bits per heavy atom. The minimum absolute atomic E-state index is 0.130. The first-order valence-electron chi connectivity index (χ1n) is 8.24. The maximum Gasteiger partial charge on any atom is 0.109 e. The van der Waals surface area contributed by atoms with E-state index < -0.39 is 6.10 Å². The molecule has 1 aromatic rings. The molecular weight excluding hydrogens is 278 g/mol. The lowest BCUT2D eigenvalue weighted by Crippen LogP contribution is -2.48. The van der Waals surface area contributed by atoms with Gasteiger partial charge in [-0.2, -0.15) is 0 Å². The minimum atomic E-state index is -0.434. The third-order valence-electron chi connectivity index (χ3n) is 5.48. The summed E-state index contributed by atoms with van der Waals surface area (Å²) in [6.07, 6.45) is 2.45. The molecule has 0 radical (unpaired) electrons. The molecule has 4 heteroatoms. The van der Waals surface area contributed by atoms with E-state index in [-0.39, 0.29) is 11.5 Å². The highest BCUT2D eigenvalue weighted by molar-refractivity contribution is 5.44. The van der Waals surface area contributed by atoms with E-state index >= 15 is 0 Å². The predicted molar refractivity (Wildman–Crippen MR) is 86.0 cm³/mol. The zero-order chi connectivity index (χ0) is 15.6. The van der Waals surface area contributed by atoms with Crippen molar-refractivity contribution >= 4 is 0 Å². The fourth-order valence-corrected chi connectivity index (χ4v) is 4.25. The molecule has 4 nitrogen and oxygen atoms in total. The molecule has 1 saturated heterocycles. The van der Waals surface area contributed by atoms with Gasteiger partial charge in [-0.25, -0.2) is 0 Å². The third kappa shape index (κ3) is 2.58. The molecule has 1 fully saturated rings. The number of aliphatic hydroxyl groups excluding tert-OH is 1. The quantitative estimate of drug-likeness (QED) is 0.846. The van der Waals surface area contributed by atoms with Crippen LogP contribution in [0.5, 0.6) is 0 Å². The zero-order valence-corrected chi connectivity index (χ0v) is 13.6. The second kappa shape index (κ2) is 6.67. The first-order chi connectivity index (χ1) is 10.7. The molecule has 0 amide bonds. The average Bonchev–Trinajstić information content (AvgIpc) is 2.79. The van der Waals surface area contributed by atoms with E-state index in [2.05, 4.69) is 23.1 Å². The summed E-state index contributed by atoms with van der Waals surface area (Å²) in [4.78, 5) is 2.49. The van der Waals surface area contributed by atoms with Gasteiger partial charge in [-0.3, -0.25) is 0 Å². The van der Waals surface area contributed by atoms with Crippen LogP contribution in [-0.4, -0.2) is 56.6 Å². The molecule has 122 valence electrons. The number of aliphatic hydroxyl groups is 1. The average molecular weight is 305 g/mol. The van der Waals surface area contributed by atoms with Crippen molar-refractivity contribution < 1.29 is 14.6 Å². The summed E-state index contributed by atoms with van der Waals surface area (Å²) in [7, 11) is 3.45. The molecule has 0 bridgehead atoms. The van der Waals surface area contributed by atoms with Crippen LogP contribution in [0.4, 0.5) is 0 Å². The third-order valence-corrected chi connectivity index (χ3v) is 5.48. The first-order valence-corrected chi connectivity index (χ1v) is 8.24. The molecule has 1 aliphatic heterocycles. The van der Waals surface area contributed by atoms with Gasteiger partial charge >= 0.3 is 0 Å². The zero-order valence-electron chi connectivity index (χ0n) is 13.6. The number of benzene rings is 1. The summed E-state index contributed by atoms with van der Waals surface area (Å²) < 4.78 is 10.7. The molecule has 3 rings (SSSR count). The summed E-state index contributed by atoms with van der Waals surface area (Å²) in [5, 5.41) is 10.9. The monoisotopic (exact) mass is 305 g/mol. The van der Waals surface area contributed by atoms with Crippen molar-refractivity contribution in [3.05, 3.63) is 35.4 Å². The smallest absolute Gasteiger partial charge is 0.109 e. The van der Waals surface area contributed by atoms with Gasteiger partial charge in [0.05, 0.1) is 6.10 Å². The summed E-state index contributed by atoms with van der Waals surface area (Å²) in [5.74, 6) is 0. The number of rotatable bonds is 5. The van der Waals surface area contributed by atoms with E-state index in [0.29, 0.717) is 0 Å². The largest absolute Gasteiger partial charge is 0.389 e. The lowest BCUT2D eigenvalue weighted by molar-refractivity contribution is -0.0548. The number of fused-ring (bicyclic) bond motifs is 2. The Bertz CT molecular complexity index is 497. The van der Waals surface area contributed by atoms with Crippen molar-refractivity contribution in [2.75, 3.05) is 40.5 Å². The number of ether oxygens (including phenoxy) is 2. The lowest BCUT2D eigenvalue weighted by Gasteiger charge is -2.42. The lowest BCUT2D eigenvalue weighted by atomic mass is 9.72. The van der Waals surface area contributed by atoms with Gasteiger partial charge in [0.1, 0.15) is 6.10 Å². The second-order valence-electron chi connectivity index (χ2n) is 6.53. The van der Waals surface area contributed by atoms with Crippen molar-refractivity contribution in [1.29, 1.82) is 0 Å². The van der Waals surface area contributed by atoms with Gasteiger partial charge in [0.25, 0.3) is 0 Å². The number of nitrogens with zero attached hydrogens (tertiary/aromatic N) is 1. The highest BCUT2D eigenvalue weighted by Gasteiger charge is 2.52. The highest BCUT2D eigenvalue weighted by Crippen LogP contribution is 2.51. The van der Waals surface area contributed by atoms with E-state index in [9.17, 15) is 5.11 Å². The summed E-state index contributed by atoms with van der Waals surface area (Å²) >= 11 is 0. The van der Waals surface area contributed by atoms with Crippen LogP contribution < -0.4 is 0 Å². The topological polar surface area (TPSA) is 41.9 Å². The van der Waals surface area contributed by atoms with Gasteiger partial charge in [-0.1, -0.05) is 24.3 Å². The fraction of sp³-hybridized carbons (Fsp3) is 0.667. The Hall–Kier alpha value is -0.940. The van der Waals surface area contributed by atoms with Crippen molar-refractivity contribution in [2.24, 2.45) is 0 Å². The van der Waals surface area contributed by atoms with E-state index in [1.54, 1.807) is 14.2 Å². The molecule has 0 aromatic heterocycles. The Balaban J connectivity index is 1.75. The van der Waals surface area contributed by atoms with Crippen LogP contribution in [-0.2, 0) is 14.9 Å². The van der Waals surface area contributed by atoms with E-state index in [1.165, 1.54) is 11.1 Å². The number of piperidine rings is 1. The van der Waals surface area contributed by atoms with Gasteiger partial charge in [0.2, 0.25) is 0 Å². The summed E-state index contributed by atoms with van der Waals surface area (Å²) in [5.41, 5.74) is 2.34. The van der Waals surface area contributed by atoms with E-state index in [0.717, 1.165) is 45.5 Å². The maximum atomic E-state index is 10.9. The predicted octanol–water partition coefficient (Wildman–Crippen LogP) is 2.12. The van der Waals surface area contributed by atoms with Gasteiger partial charge in [-0.15, -0.1) is 0 Å². The van der Waals surface area contributed by atoms with Crippen LogP contribution in [0.2, 0.25) is 0 Å². The number of hydrogen-bond donors (Lipinski definition) is 1. The normalized spacial score (nSPS) is 27.2. The van der Waals surface area contributed by atoms with Gasteiger partial charge in [0, 0.05) is 32.8 Å². The molecule has 1 spiro atoms. The molecule has 2 aliphatic rings. The van der Waals surface area contributed by atoms with Crippen LogP contribution >= 0.6 is 0 Å². The van der Waals surface area contributed by atoms with Crippen LogP contribution in [0, 0.1) is 0 Å². The fourth-order valence-electron chi connectivity index (χ4n) is 4.25.